The van der Waals surface area contributed by atoms with Crippen LogP contribution in [0.1, 0.15) is 41.2 Å². The minimum atomic E-state index is 0.121. The molecule has 1 atom stereocenters. The molecule has 5 heteroatoms. The minimum absolute atomic E-state index is 0.121. The van der Waals surface area contributed by atoms with Crippen LogP contribution >= 0.6 is 11.3 Å². The van der Waals surface area contributed by atoms with Crippen molar-refractivity contribution < 1.29 is 4.79 Å². The summed E-state index contributed by atoms with van der Waals surface area (Å²) in [5, 5.41) is 6.32. The third kappa shape index (κ3) is 2.57. The predicted octanol–water partition coefficient (Wildman–Crippen LogP) is 1.81. The predicted molar refractivity (Wildman–Crippen MR) is 71.9 cm³/mol. The zero-order chi connectivity index (χ0) is 12.5. The molecule has 1 saturated heterocycles. The third-order valence-electron chi connectivity index (χ3n) is 3.67. The van der Waals surface area contributed by atoms with Gasteiger partial charge in [0.2, 0.25) is 0 Å². The van der Waals surface area contributed by atoms with E-state index in [9.17, 15) is 4.79 Å². The van der Waals surface area contributed by atoms with Gasteiger partial charge in [-0.25, -0.2) is 4.98 Å². The Kier molecular flexibility index (Phi) is 3.35. The summed E-state index contributed by atoms with van der Waals surface area (Å²) in [6.07, 6.45) is 4.73. The molecule has 1 aromatic rings. The number of aromatic nitrogens is 1. The minimum Gasteiger partial charge on any atom is -0.333 e. The summed E-state index contributed by atoms with van der Waals surface area (Å²) in [5.74, 6) is 0.121. The molecule has 4 nitrogen and oxygen atoms in total. The molecule has 1 N–H and O–H groups in total. The first-order chi connectivity index (χ1) is 8.74. The molecule has 2 heterocycles. The van der Waals surface area contributed by atoms with Gasteiger partial charge in [-0.3, -0.25) is 4.79 Å². The summed E-state index contributed by atoms with van der Waals surface area (Å²) in [4.78, 5) is 18.8. The van der Waals surface area contributed by atoms with Crippen molar-refractivity contribution >= 4 is 17.2 Å². The van der Waals surface area contributed by atoms with E-state index in [4.69, 9.17) is 0 Å². The first-order valence-electron chi connectivity index (χ1n) is 6.70. The monoisotopic (exact) mass is 265 g/mol. The number of nitrogens with one attached hydrogen (secondary N) is 1. The smallest absolute Gasteiger partial charge is 0.273 e. The molecule has 0 bridgehead atoms. The number of amides is 1. The summed E-state index contributed by atoms with van der Waals surface area (Å²) in [5.41, 5.74) is 0.627. The fraction of sp³-hybridized carbons (Fsp3) is 0.692. The molecule has 98 valence electrons. The maximum atomic E-state index is 12.5. The van der Waals surface area contributed by atoms with Gasteiger partial charge >= 0.3 is 0 Å². The molecule has 1 aromatic heterocycles. The topological polar surface area (TPSA) is 45.2 Å². The molecule has 1 amide bonds. The van der Waals surface area contributed by atoms with Crippen LogP contribution in [0.4, 0.5) is 0 Å². The zero-order valence-corrected chi connectivity index (χ0v) is 11.5. The van der Waals surface area contributed by atoms with E-state index in [0.717, 1.165) is 30.9 Å². The van der Waals surface area contributed by atoms with Crippen LogP contribution in [0.3, 0.4) is 0 Å². The molecule has 0 spiro atoms. The van der Waals surface area contributed by atoms with E-state index in [0.29, 0.717) is 17.8 Å². The van der Waals surface area contributed by atoms with Crippen LogP contribution in [0.2, 0.25) is 0 Å². The van der Waals surface area contributed by atoms with Crippen LogP contribution in [-0.2, 0) is 0 Å². The molecule has 2 aliphatic rings. The summed E-state index contributed by atoms with van der Waals surface area (Å²) in [6.45, 7) is 3.88. The van der Waals surface area contributed by atoms with E-state index in [2.05, 4.69) is 10.3 Å². The Morgan fingerprint density at radius 3 is 2.94 bits per heavy atom. The highest BCUT2D eigenvalue weighted by Crippen LogP contribution is 2.29. The molecule has 1 saturated carbocycles. The first kappa shape index (κ1) is 12.1. The lowest BCUT2D eigenvalue weighted by Gasteiger charge is -2.25. The average Bonchev–Trinajstić information content (AvgIpc) is 2.88. The molecular weight excluding hydrogens is 246 g/mol. The second kappa shape index (κ2) is 4.97. The van der Waals surface area contributed by atoms with Crippen molar-refractivity contribution in [1.29, 1.82) is 0 Å². The van der Waals surface area contributed by atoms with Gasteiger partial charge in [0, 0.05) is 24.0 Å². The van der Waals surface area contributed by atoms with Crippen molar-refractivity contribution in [2.45, 2.75) is 44.7 Å². The number of rotatable bonds is 4. The Morgan fingerprint density at radius 1 is 1.56 bits per heavy atom. The zero-order valence-electron chi connectivity index (χ0n) is 10.7. The lowest BCUT2D eigenvalue weighted by molar-refractivity contribution is 0.0723. The van der Waals surface area contributed by atoms with Crippen molar-refractivity contribution in [1.82, 2.24) is 15.2 Å². The number of hydrogen-bond donors (Lipinski definition) is 1. The van der Waals surface area contributed by atoms with E-state index in [1.807, 2.05) is 17.2 Å². The van der Waals surface area contributed by atoms with Gasteiger partial charge in [0.1, 0.15) is 5.69 Å². The number of carbonyl (C=O) groups is 1. The van der Waals surface area contributed by atoms with E-state index >= 15 is 0 Å². The molecule has 1 aliphatic heterocycles. The lowest BCUT2D eigenvalue weighted by atomic mass is 10.2. The van der Waals surface area contributed by atoms with Crippen LogP contribution < -0.4 is 5.32 Å². The van der Waals surface area contributed by atoms with Crippen LogP contribution in [0.25, 0.3) is 0 Å². The number of aryl methyl sites for hydroxylation is 1. The highest BCUT2D eigenvalue weighted by molar-refractivity contribution is 7.09. The van der Waals surface area contributed by atoms with Crippen molar-refractivity contribution in [3.63, 3.8) is 0 Å². The SMILES string of the molecule is Cc1nc(C(=O)N(CC2CCCN2)C2CC2)cs1. The van der Waals surface area contributed by atoms with Gasteiger partial charge in [-0.05, 0) is 39.2 Å². The van der Waals surface area contributed by atoms with Gasteiger partial charge in [0.25, 0.3) is 5.91 Å². The second-order valence-electron chi connectivity index (χ2n) is 5.23. The molecule has 3 rings (SSSR count). The highest BCUT2D eigenvalue weighted by atomic mass is 32.1. The Labute approximate surface area is 111 Å². The Morgan fingerprint density at radius 2 is 2.39 bits per heavy atom. The largest absolute Gasteiger partial charge is 0.333 e. The van der Waals surface area contributed by atoms with E-state index in [1.165, 1.54) is 12.8 Å². The van der Waals surface area contributed by atoms with Gasteiger partial charge in [-0.1, -0.05) is 0 Å². The molecular formula is C13H19N3OS. The van der Waals surface area contributed by atoms with Gasteiger partial charge in [-0.2, -0.15) is 0 Å². The number of nitrogens with zero attached hydrogens (tertiary/aromatic N) is 2. The highest BCUT2D eigenvalue weighted by Gasteiger charge is 2.35. The number of carbonyl (C=O) groups excluding carboxylic acids is 1. The normalized spacial score (nSPS) is 23.3. The van der Waals surface area contributed by atoms with Crippen LogP contribution in [-0.4, -0.2) is 41.0 Å². The molecule has 2 fully saturated rings. The number of hydrogen-bond acceptors (Lipinski definition) is 4. The van der Waals surface area contributed by atoms with Crippen molar-refractivity contribution in [3.8, 4) is 0 Å². The van der Waals surface area contributed by atoms with E-state index in [-0.39, 0.29) is 5.91 Å². The number of thiazole rings is 1. The maximum Gasteiger partial charge on any atom is 0.273 e. The fourth-order valence-corrected chi connectivity index (χ4v) is 3.13. The van der Waals surface area contributed by atoms with Gasteiger partial charge in [0.05, 0.1) is 5.01 Å². The van der Waals surface area contributed by atoms with Crippen LogP contribution in [0, 0.1) is 6.92 Å². The average molecular weight is 265 g/mol. The summed E-state index contributed by atoms with van der Waals surface area (Å²) >= 11 is 1.55. The van der Waals surface area contributed by atoms with Crippen molar-refractivity contribution in [2.24, 2.45) is 0 Å². The first-order valence-corrected chi connectivity index (χ1v) is 7.58. The Hall–Kier alpha value is -0.940. The van der Waals surface area contributed by atoms with E-state index in [1.54, 1.807) is 11.3 Å². The Balaban J connectivity index is 1.70. The molecule has 0 radical (unpaired) electrons. The molecule has 1 aliphatic carbocycles. The van der Waals surface area contributed by atoms with Crippen LogP contribution in [0.5, 0.6) is 0 Å². The molecule has 1 unspecified atom stereocenters. The Bertz CT molecular complexity index is 435. The van der Waals surface area contributed by atoms with Crippen molar-refractivity contribution in [2.75, 3.05) is 13.1 Å². The standard InChI is InChI=1S/C13H19N3OS/c1-9-15-12(8-18-9)13(17)16(11-4-5-11)7-10-3-2-6-14-10/h8,10-11,14H,2-7H2,1H3. The van der Waals surface area contributed by atoms with Gasteiger partial charge in [-0.15, -0.1) is 11.3 Å². The lowest BCUT2D eigenvalue weighted by Crippen LogP contribution is -2.42. The summed E-state index contributed by atoms with van der Waals surface area (Å²) < 4.78 is 0. The summed E-state index contributed by atoms with van der Waals surface area (Å²) in [7, 11) is 0. The maximum absolute atomic E-state index is 12.5. The summed E-state index contributed by atoms with van der Waals surface area (Å²) in [6, 6.07) is 0.941. The quantitative estimate of drug-likeness (QED) is 0.903. The second-order valence-corrected chi connectivity index (χ2v) is 6.30. The third-order valence-corrected chi connectivity index (χ3v) is 4.44. The van der Waals surface area contributed by atoms with Crippen molar-refractivity contribution in [3.05, 3.63) is 16.1 Å². The molecule has 0 aromatic carbocycles. The molecule has 18 heavy (non-hydrogen) atoms. The van der Waals surface area contributed by atoms with Crippen LogP contribution in [0.15, 0.2) is 5.38 Å². The van der Waals surface area contributed by atoms with Gasteiger partial charge < -0.3 is 10.2 Å². The van der Waals surface area contributed by atoms with E-state index < -0.39 is 0 Å². The fourth-order valence-electron chi connectivity index (χ4n) is 2.54. The van der Waals surface area contributed by atoms with Gasteiger partial charge in [0.15, 0.2) is 0 Å².